The minimum absolute atomic E-state index is 0.0815. The van der Waals surface area contributed by atoms with Gasteiger partial charge in [-0.15, -0.1) is 9.24 Å². The summed E-state index contributed by atoms with van der Waals surface area (Å²) in [6.45, 7) is 2.71. The molecule has 0 bridgehead atoms. The topological polar surface area (TPSA) is 74.2 Å². The van der Waals surface area contributed by atoms with Crippen molar-refractivity contribution in [3.63, 3.8) is 0 Å². The Bertz CT molecular complexity index is 725. The number of fused-ring (bicyclic) bond motifs is 1. The number of benzene rings is 2. The summed E-state index contributed by atoms with van der Waals surface area (Å²) >= 11 is 0. The van der Waals surface area contributed by atoms with Crippen LogP contribution in [0.2, 0.25) is 0 Å². The van der Waals surface area contributed by atoms with Gasteiger partial charge < -0.3 is 18.9 Å². The van der Waals surface area contributed by atoms with E-state index >= 15 is 0 Å². The fourth-order valence-electron chi connectivity index (χ4n) is 2.36. The molecule has 2 rings (SSSR count). The predicted molar refractivity (Wildman–Crippen MR) is 110 cm³/mol. The summed E-state index contributed by atoms with van der Waals surface area (Å²) in [6.07, 6.45) is 3.83. The number of ether oxygens (including phenoxy) is 1. The largest absolute Gasteiger partial charge is 0.504 e. The monoisotopic (exact) mass is 418 g/mol. The molecule has 0 aliphatic heterocycles. The number of unbranched alkanes of at least 4 members (excludes halogenated alkanes) is 2. The van der Waals surface area contributed by atoms with E-state index in [-0.39, 0.29) is 26.7 Å². The first kappa shape index (κ1) is 21.4. The van der Waals surface area contributed by atoms with Gasteiger partial charge >= 0.3 is 8.25 Å². The Morgan fingerprint density at radius 1 is 1.23 bits per heavy atom. The lowest BCUT2D eigenvalue weighted by Crippen LogP contribution is -1.98. The molecule has 0 aromatic heterocycles. The third-order valence-corrected chi connectivity index (χ3v) is 5.74. The standard InChI is InChI=1S/C17H25O6P3/c1-2-3-6-9-20-16-10-15(18)17(14-8-5-4-7-13(14)16)23-26(19)22-12-25-21-11-24/h4-5,7-8,10,18,25-26H,2-3,6,9,11-12,24H2,1H3. The molecule has 0 fully saturated rings. The Morgan fingerprint density at radius 3 is 2.73 bits per heavy atom. The second-order valence-electron chi connectivity index (χ2n) is 5.42. The molecule has 0 radical (unpaired) electrons. The number of hydrogen-bond donors (Lipinski definition) is 1. The van der Waals surface area contributed by atoms with Crippen LogP contribution in [0.3, 0.4) is 0 Å². The first-order chi connectivity index (χ1) is 12.7. The Morgan fingerprint density at radius 2 is 2.00 bits per heavy atom. The number of hydrogen-bond acceptors (Lipinski definition) is 6. The fourth-order valence-corrected chi connectivity index (χ4v) is 4.07. The number of aromatic hydroxyl groups is 1. The molecule has 144 valence electrons. The van der Waals surface area contributed by atoms with E-state index in [0.717, 1.165) is 24.6 Å². The number of phenols is 1. The highest BCUT2D eigenvalue weighted by molar-refractivity contribution is 7.36. The normalized spacial score (nSPS) is 12.7. The summed E-state index contributed by atoms with van der Waals surface area (Å²) in [6, 6.07) is 8.86. The Balaban J connectivity index is 2.14. The zero-order chi connectivity index (χ0) is 18.8. The summed E-state index contributed by atoms with van der Waals surface area (Å²) < 4.78 is 33.5. The van der Waals surface area contributed by atoms with E-state index in [4.69, 9.17) is 18.3 Å². The molecule has 2 aromatic rings. The average Bonchev–Trinajstić information content (AvgIpc) is 2.65. The molecular weight excluding hydrogens is 393 g/mol. The third-order valence-electron chi connectivity index (χ3n) is 3.56. The van der Waals surface area contributed by atoms with E-state index in [0.29, 0.717) is 24.1 Å². The van der Waals surface area contributed by atoms with Crippen LogP contribution in [0.4, 0.5) is 0 Å². The minimum atomic E-state index is -2.80. The summed E-state index contributed by atoms with van der Waals surface area (Å²) in [7, 11) is -0.289. The first-order valence-electron chi connectivity index (χ1n) is 8.44. The second kappa shape index (κ2) is 11.7. The molecule has 0 aliphatic carbocycles. The van der Waals surface area contributed by atoms with Crippen LogP contribution in [0.1, 0.15) is 26.2 Å². The molecule has 9 heteroatoms. The zero-order valence-electron chi connectivity index (χ0n) is 14.7. The summed E-state index contributed by atoms with van der Waals surface area (Å²) in [4.78, 5) is 0. The average molecular weight is 418 g/mol. The molecule has 26 heavy (non-hydrogen) atoms. The van der Waals surface area contributed by atoms with Gasteiger partial charge in [-0.2, -0.15) is 0 Å². The molecule has 3 atom stereocenters. The number of phenolic OH excluding ortho intramolecular Hbond substituents is 1. The van der Waals surface area contributed by atoms with Crippen LogP contribution >= 0.6 is 26.3 Å². The quantitative estimate of drug-likeness (QED) is 0.373. The van der Waals surface area contributed by atoms with Crippen LogP contribution in [-0.2, 0) is 13.6 Å². The highest BCUT2D eigenvalue weighted by Gasteiger charge is 2.16. The van der Waals surface area contributed by atoms with Gasteiger partial charge in [0.25, 0.3) is 0 Å². The van der Waals surface area contributed by atoms with Crippen molar-refractivity contribution in [2.75, 3.05) is 19.3 Å². The summed E-state index contributed by atoms with van der Waals surface area (Å²) in [5, 5.41) is 11.8. The second-order valence-corrected chi connectivity index (χ2v) is 7.61. The number of rotatable bonds is 12. The van der Waals surface area contributed by atoms with E-state index in [1.54, 1.807) is 6.07 Å². The van der Waals surface area contributed by atoms with Crippen LogP contribution in [0.25, 0.3) is 10.8 Å². The van der Waals surface area contributed by atoms with Crippen LogP contribution in [0.5, 0.6) is 17.2 Å². The molecular formula is C17H25O6P3. The molecule has 0 saturated heterocycles. The minimum Gasteiger partial charge on any atom is -0.504 e. The summed E-state index contributed by atoms with van der Waals surface area (Å²) in [5.41, 5.74) is 0. The third kappa shape index (κ3) is 6.37. The van der Waals surface area contributed by atoms with Crippen LogP contribution in [0.15, 0.2) is 30.3 Å². The van der Waals surface area contributed by atoms with Crippen molar-refractivity contribution in [2.45, 2.75) is 26.2 Å². The van der Waals surface area contributed by atoms with E-state index in [2.05, 4.69) is 16.2 Å². The molecule has 0 aliphatic rings. The van der Waals surface area contributed by atoms with Gasteiger partial charge in [0.2, 0.25) is 0 Å². The van der Waals surface area contributed by atoms with E-state index in [1.165, 1.54) is 6.07 Å². The van der Waals surface area contributed by atoms with Crippen LogP contribution in [-0.4, -0.2) is 24.4 Å². The van der Waals surface area contributed by atoms with Gasteiger partial charge in [0.1, 0.15) is 5.75 Å². The maximum atomic E-state index is 12.0. The molecule has 1 N–H and O–H groups in total. The molecule has 3 unspecified atom stereocenters. The van der Waals surface area contributed by atoms with E-state index in [9.17, 15) is 9.67 Å². The first-order valence-corrected chi connectivity index (χ1v) is 11.6. The van der Waals surface area contributed by atoms with Crippen molar-refractivity contribution >= 4 is 37.1 Å². The van der Waals surface area contributed by atoms with Crippen molar-refractivity contribution < 1.29 is 28.0 Å². The Kier molecular flexibility index (Phi) is 9.67. The lowest BCUT2D eigenvalue weighted by atomic mass is 10.1. The van der Waals surface area contributed by atoms with Crippen molar-refractivity contribution in [1.29, 1.82) is 0 Å². The van der Waals surface area contributed by atoms with Crippen molar-refractivity contribution in [1.82, 2.24) is 0 Å². The molecule has 2 aromatic carbocycles. The van der Waals surface area contributed by atoms with Gasteiger partial charge in [-0.3, -0.25) is 4.52 Å². The van der Waals surface area contributed by atoms with E-state index in [1.807, 2.05) is 18.2 Å². The van der Waals surface area contributed by atoms with Crippen LogP contribution < -0.4 is 9.26 Å². The molecule has 0 amide bonds. The SMILES string of the molecule is CCCCCOc1cc(O)c(O[PH](=O)OCPOCP)c2ccccc12. The maximum absolute atomic E-state index is 12.0. The van der Waals surface area contributed by atoms with Crippen molar-refractivity contribution in [3.8, 4) is 17.2 Å². The van der Waals surface area contributed by atoms with Gasteiger partial charge in [-0.05, 0) is 6.42 Å². The highest BCUT2D eigenvalue weighted by Crippen LogP contribution is 2.45. The van der Waals surface area contributed by atoms with Crippen molar-refractivity contribution in [2.24, 2.45) is 0 Å². The van der Waals surface area contributed by atoms with Gasteiger partial charge in [0, 0.05) is 25.6 Å². The Labute approximate surface area is 158 Å². The van der Waals surface area contributed by atoms with E-state index < -0.39 is 8.25 Å². The summed E-state index contributed by atoms with van der Waals surface area (Å²) in [5.74, 6) is 0.595. The lowest BCUT2D eigenvalue weighted by Gasteiger charge is -2.15. The highest BCUT2D eigenvalue weighted by atomic mass is 31.1. The lowest BCUT2D eigenvalue weighted by molar-refractivity contribution is 0.305. The fraction of sp³-hybridized carbons (Fsp3) is 0.412. The van der Waals surface area contributed by atoms with Gasteiger partial charge in [-0.1, -0.05) is 44.0 Å². The maximum Gasteiger partial charge on any atom is 0.368 e. The smallest absolute Gasteiger partial charge is 0.368 e. The Hall–Kier alpha value is -0.890. The molecule has 6 nitrogen and oxygen atoms in total. The van der Waals surface area contributed by atoms with Gasteiger partial charge in [0.05, 0.1) is 19.3 Å². The van der Waals surface area contributed by atoms with Gasteiger partial charge in [-0.25, -0.2) is 4.57 Å². The van der Waals surface area contributed by atoms with Crippen LogP contribution in [0, 0.1) is 0 Å². The molecule has 0 saturated carbocycles. The van der Waals surface area contributed by atoms with Gasteiger partial charge in [0.15, 0.2) is 11.5 Å². The predicted octanol–water partition coefficient (Wildman–Crippen LogP) is 5.30. The molecule has 0 heterocycles. The zero-order valence-corrected chi connectivity index (χ0v) is 17.8. The molecule has 0 spiro atoms. The van der Waals surface area contributed by atoms with Crippen molar-refractivity contribution in [3.05, 3.63) is 30.3 Å².